The third-order valence-corrected chi connectivity index (χ3v) is 6.46. The average Bonchev–Trinajstić information content (AvgIpc) is 3.69. The van der Waals surface area contributed by atoms with Gasteiger partial charge in [0.1, 0.15) is 0 Å². The monoisotopic (exact) mass is 522 g/mol. The van der Waals surface area contributed by atoms with Gasteiger partial charge in [-0.2, -0.15) is 13.2 Å². The van der Waals surface area contributed by atoms with Crippen molar-refractivity contribution < 1.29 is 27.8 Å². The minimum atomic E-state index is -4.34. The van der Waals surface area contributed by atoms with Crippen LogP contribution in [-0.2, 0) is 4.79 Å². The predicted molar refractivity (Wildman–Crippen MR) is 140 cm³/mol. The molecule has 1 fully saturated rings. The second-order valence-electron chi connectivity index (χ2n) is 9.68. The van der Waals surface area contributed by atoms with Crippen LogP contribution in [0.4, 0.5) is 13.2 Å². The number of nitrogens with zero attached hydrogens (tertiary/aromatic N) is 1. The Labute approximate surface area is 218 Å². The van der Waals surface area contributed by atoms with Crippen LogP contribution < -0.4 is 10.1 Å². The number of nitrogens with one attached hydrogen (secondary N) is 1. The summed E-state index contributed by atoms with van der Waals surface area (Å²) < 4.78 is 40.9. The van der Waals surface area contributed by atoms with Gasteiger partial charge in [0.05, 0.1) is 5.92 Å². The van der Waals surface area contributed by atoms with Crippen LogP contribution >= 0.6 is 0 Å². The summed E-state index contributed by atoms with van der Waals surface area (Å²) in [5.74, 6) is -0.531. The molecule has 1 saturated carbocycles. The second-order valence-corrected chi connectivity index (χ2v) is 9.68. The molecule has 3 atom stereocenters. The molecule has 1 aliphatic carbocycles. The molecule has 0 radical (unpaired) electrons. The first kappa shape index (κ1) is 30.6. The van der Waals surface area contributed by atoms with E-state index in [0.29, 0.717) is 0 Å². The van der Waals surface area contributed by atoms with Crippen molar-refractivity contribution in [1.29, 1.82) is 0 Å². The van der Waals surface area contributed by atoms with Crippen LogP contribution in [0.25, 0.3) is 0 Å². The van der Waals surface area contributed by atoms with E-state index in [-0.39, 0.29) is 23.8 Å². The SMILES string of the molecule is CCCCCCCCCCN[C@@H](C)c1ccc(OCC(F)(F)F)nc1.O=C(O)[C@H]1C[C@@H]1c1ccccc1. The van der Waals surface area contributed by atoms with Gasteiger partial charge < -0.3 is 15.2 Å². The number of aromatic nitrogens is 1. The fourth-order valence-electron chi connectivity index (χ4n) is 4.12. The Morgan fingerprint density at radius 2 is 1.70 bits per heavy atom. The molecule has 0 amide bonds. The standard InChI is InChI=1S/C19H31F3N2O.C10H10O2/c1-3-4-5-6-7-8-9-10-13-23-16(2)17-11-12-18(24-14-17)25-15-19(20,21)22;11-10(12)9-6-8(9)7-4-2-1-3-5-7/h11-12,14,16,23H,3-10,13,15H2,1-2H3;1-5,8-9H,6H2,(H,11,12)/t16-;8-,9+/m01/s1. The number of halogens is 3. The first-order chi connectivity index (χ1) is 17.7. The van der Waals surface area contributed by atoms with E-state index < -0.39 is 18.8 Å². The highest BCUT2D eigenvalue weighted by molar-refractivity contribution is 5.75. The molecule has 2 N–H and O–H groups in total. The molecule has 1 aliphatic rings. The quantitative estimate of drug-likeness (QED) is 0.235. The first-order valence-corrected chi connectivity index (χ1v) is 13.4. The number of pyridine rings is 1. The van der Waals surface area contributed by atoms with Crippen LogP contribution in [0, 0.1) is 5.92 Å². The predicted octanol–water partition coefficient (Wildman–Crippen LogP) is 7.69. The molecule has 5 nitrogen and oxygen atoms in total. The van der Waals surface area contributed by atoms with Crippen molar-refractivity contribution in [3.63, 3.8) is 0 Å². The largest absolute Gasteiger partial charge is 0.481 e. The zero-order chi connectivity index (χ0) is 27.1. The molecule has 1 aromatic carbocycles. The average molecular weight is 523 g/mol. The normalized spacial score (nSPS) is 17.4. The van der Waals surface area contributed by atoms with Crippen molar-refractivity contribution in [2.24, 2.45) is 5.92 Å². The molecule has 0 saturated heterocycles. The summed E-state index contributed by atoms with van der Waals surface area (Å²) in [6, 6.07) is 13.2. The summed E-state index contributed by atoms with van der Waals surface area (Å²) in [5.41, 5.74) is 2.10. The van der Waals surface area contributed by atoms with Gasteiger partial charge in [-0.3, -0.25) is 4.79 Å². The maximum absolute atomic E-state index is 12.1. The molecular weight excluding hydrogens is 481 g/mol. The minimum Gasteiger partial charge on any atom is -0.481 e. The second kappa shape index (κ2) is 16.3. The van der Waals surface area contributed by atoms with Gasteiger partial charge in [0.2, 0.25) is 5.88 Å². The van der Waals surface area contributed by atoms with Crippen LogP contribution in [0.2, 0.25) is 0 Å². The number of carboxylic acid groups (broad SMARTS) is 1. The summed E-state index contributed by atoms with van der Waals surface area (Å²) in [6.45, 7) is 3.87. The van der Waals surface area contributed by atoms with E-state index >= 15 is 0 Å². The Hall–Kier alpha value is -2.61. The molecule has 2 aromatic rings. The van der Waals surface area contributed by atoms with Crippen molar-refractivity contribution in [1.82, 2.24) is 10.3 Å². The van der Waals surface area contributed by atoms with Gasteiger partial charge >= 0.3 is 12.1 Å². The van der Waals surface area contributed by atoms with Crippen molar-refractivity contribution in [3.8, 4) is 5.88 Å². The van der Waals surface area contributed by atoms with E-state index in [1.807, 2.05) is 37.3 Å². The lowest BCUT2D eigenvalue weighted by atomic mass is 10.1. The number of aliphatic carboxylic acids is 1. The van der Waals surface area contributed by atoms with Gasteiger partial charge in [-0.15, -0.1) is 0 Å². The number of rotatable bonds is 15. The Kier molecular flexibility index (Phi) is 13.5. The van der Waals surface area contributed by atoms with Gasteiger partial charge in [0.25, 0.3) is 0 Å². The summed E-state index contributed by atoms with van der Waals surface area (Å²) >= 11 is 0. The number of carbonyl (C=O) groups is 1. The van der Waals surface area contributed by atoms with Gasteiger partial charge in [0, 0.05) is 18.3 Å². The van der Waals surface area contributed by atoms with Crippen LogP contribution in [0.3, 0.4) is 0 Å². The Balaban J connectivity index is 0.000000330. The van der Waals surface area contributed by atoms with Crippen molar-refractivity contribution in [2.75, 3.05) is 13.2 Å². The molecular formula is C29H41F3N2O3. The van der Waals surface area contributed by atoms with Crippen molar-refractivity contribution in [2.45, 2.75) is 89.8 Å². The number of carboxylic acids is 1. The maximum atomic E-state index is 12.1. The van der Waals surface area contributed by atoms with Crippen LogP contribution in [0.1, 0.15) is 94.7 Å². The van der Waals surface area contributed by atoms with Gasteiger partial charge in [-0.05, 0) is 43.4 Å². The lowest BCUT2D eigenvalue weighted by molar-refractivity contribution is -0.154. The number of hydrogen-bond donors (Lipinski definition) is 2. The summed E-state index contributed by atoms with van der Waals surface area (Å²) in [4.78, 5) is 14.5. The Morgan fingerprint density at radius 1 is 1.05 bits per heavy atom. The van der Waals surface area contributed by atoms with E-state index in [1.165, 1.54) is 51.0 Å². The van der Waals surface area contributed by atoms with Gasteiger partial charge in [-0.1, -0.05) is 88.3 Å². The van der Waals surface area contributed by atoms with E-state index in [4.69, 9.17) is 5.11 Å². The fourth-order valence-corrected chi connectivity index (χ4v) is 4.12. The minimum absolute atomic E-state index is 0.00338. The molecule has 0 spiro atoms. The number of benzene rings is 1. The highest BCUT2D eigenvalue weighted by atomic mass is 19.4. The lowest BCUT2D eigenvalue weighted by Crippen LogP contribution is -2.21. The molecule has 8 heteroatoms. The highest BCUT2D eigenvalue weighted by Gasteiger charge is 2.43. The number of hydrogen-bond acceptors (Lipinski definition) is 4. The molecule has 0 aliphatic heterocycles. The number of unbranched alkanes of at least 4 members (excludes halogenated alkanes) is 7. The molecule has 0 bridgehead atoms. The molecule has 37 heavy (non-hydrogen) atoms. The molecule has 3 rings (SSSR count). The molecule has 0 unspecified atom stereocenters. The molecule has 206 valence electrons. The van der Waals surface area contributed by atoms with Crippen molar-refractivity contribution >= 4 is 5.97 Å². The lowest BCUT2D eigenvalue weighted by Gasteiger charge is -2.14. The first-order valence-electron chi connectivity index (χ1n) is 13.4. The van der Waals surface area contributed by atoms with Crippen LogP contribution in [0.5, 0.6) is 5.88 Å². The summed E-state index contributed by atoms with van der Waals surface area (Å²) in [5, 5.41) is 12.1. The van der Waals surface area contributed by atoms with Gasteiger partial charge in [-0.25, -0.2) is 4.98 Å². The Morgan fingerprint density at radius 3 is 2.24 bits per heavy atom. The fraction of sp³-hybridized carbons (Fsp3) is 0.586. The number of alkyl halides is 3. The third-order valence-electron chi connectivity index (χ3n) is 6.46. The van der Waals surface area contributed by atoms with E-state index in [2.05, 4.69) is 22.0 Å². The Bertz CT molecular complexity index is 892. The highest BCUT2D eigenvalue weighted by Crippen LogP contribution is 2.47. The van der Waals surface area contributed by atoms with Gasteiger partial charge in [0.15, 0.2) is 6.61 Å². The van der Waals surface area contributed by atoms with E-state index in [1.54, 1.807) is 12.3 Å². The topological polar surface area (TPSA) is 71.5 Å². The summed E-state index contributed by atoms with van der Waals surface area (Å²) in [6.07, 6.45) is 8.31. The molecule has 1 heterocycles. The number of ether oxygens (including phenoxy) is 1. The maximum Gasteiger partial charge on any atom is 0.422 e. The third kappa shape index (κ3) is 13.0. The smallest absolute Gasteiger partial charge is 0.422 e. The zero-order valence-corrected chi connectivity index (χ0v) is 22.0. The van der Waals surface area contributed by atoms with E-state index in [0.717, 1.165) is 30.5 Å². The van der Waals surface area contributed by atoms with E-state index in [9.17, 15) is 18.0 Å². The van der Waals surface area contributed by atoms with Crippen LogP contribution in [-0.4, -0.2) is 35.4 Å². The molecule has 1 aromatic heterocycles. The van der Waals surface area contributed by atoms with Crippen molar-refractivity contribution in [3.05, 3.63) is 59.8 Å². The summed E-state index contributed by atoms with van der Waals surface area (Å²) in [7, 11) is 0. The zero-order valence-electron chi connectivity index (χ0n) is 22.0. The van der Waals surface area contributed by atoms with Crippen LogP contribution in [0.15, 0.2) is 48.7 Å².